The predicted octanol–water partition coefficient (Wildman–Crippen LogP) is 7.26. The summed E-state index contributed by atoms with van der Waals surface area (Å²) in [6.45, 7) is 2.44. The maximum Gasteiger partial charge on any atom is 0.195 e. The molecule has 0 fully saturated rings. The van der Waals surface area contributed by atoms with Crippen molar-refractivity contribution in [2.24, 2.45) is 0 Å². The molecule has 160 valence electrons. The number of aryl methyl sites for hydroxylation is 2. The van der Waals surface area contributed by atoms with Crippen molar-refractivity contribution < 1.29 is 13.6 Å². The first-order chi connectivity index (χ1) is 15.2. The van der Waals surface area contributed by atoms with Crippen LogP contribution >= 0.6 is 0 Å². The molecule has 0 aliphatic heterocycles. The van der Waals surface area contributed by atoms with Crippen LogP contribution in [0.15, 0.2) is 60.8 Å². The summed E-state index contributed by atoms with van der Waals surface area (Å²) >= 11 is 0. The van der Waals surface area contributed by atoms with Crippen molar-refractivity contribution in [3.8, 4) is 0 Å². The van der Waals surface area contributed by atoms with Crippen molar-refractivity contribution in [3.63, 3.8) is 0 Å². The monoisotopic (exact) mass is 419 g/mol. The fraction of sp³-hybridized carbons (Fsp3) is 0.296. The van der Waals surface area contributed by atoms with Gasteiger partial charge in [0.05, 0.1) is 17.8 Å². The Bertz CT molecular complexity index is 1220. The zero-order valence-electron chi connectivity index (χ0n) is 17.8. The van der Waals surface area contributed by atoms with E-state index in [1.54, 1.807) is 12.3 Å². The Morgan fingerprint density at radius 3 is 2.48 bits per heavy atom. The Hall–Kier alpha value is -3.01. The minimum absolute atomic E-state index is 0.170. The number of ketones is 1. The number of aromatic nitrogens is 1. The summed E-state index contributed by atoms with van der Waals surface area (Å²) in [6, 6.07) is 16.7. The van der Waals surface area contributed by atoms with E-state index in [2.05, 4.69) is 6.92 Å². The molecular formula is C27H27F2NO. The van der Waals surface area contributed by atoms with Gasteiger partial charge in [0.2, 0.25) is 0 Å². The second-order valence-electron chi connectivity index (χ2n) is 8.02. The van der Waals surface area contributed by atoms with Crippen LogP contribution in [0.2, 0.25) is 0 Å². The summed E-state index contributed by atoms with van der Waals surface area (Å²) in [5.74, 6) is -0.563. The van der Waals surface area contributed by atoms with Gasteiger partial charge in [0.15, 0.2) is 5.78 Å². The fourth-order valence-electron chi connectivity index (χ4n) is 4.41. The Labute approximate surface area is 181 Å². The van der Waals surface area contributed by atoms with Crippen molar-refractivity contribution >= 4 is 27.5 Å². The number of hydrogen-bond donors (Lipinski definition) is 0. The lowest BCUT2D eigenvalue weighted by Crippen LogP contribution is -2.03. The van der Waals surface area contributed by atoms with E-state index >= 15 is 0 Å². The largest absolute Gasteiger partial charge is 0.347 e. The second kappa shape index (κ2) is 9.42. The topological polar surface area (TPSA) is 22.0 Å². The minimum atomic E-state index is -0.393. The lowest BCUT2D eigenvalue weighted by atomic mass is 9.93. The SMILES string of the molecule is CCCc1ccc(C(=O)c2cn(CCCCCF)c3cccc(F)c23)c2ccccc12. The first-order valence-electron chi connectivity index (χ1n) is 11.0. The molecule has 2 nitrogen and oxygen atoms in total. The van der Waals surface area contributed by atoms with E-state index < -0.39 is 5.82 Å². The number of hydrogen-bond acceptors (Lipinski definition) is 1. The summed E-state index contributed by atoms with van der Waals surface area (Å²) in [4.78, 5) is 13.7. The number of carbonyl (C=O) groups excluding carboxylic acids is 1. The van der Waals surface area contributed by atoms with Gasteiger partial charge < -0.3 is 4.57 Å². The maximum atomic E-state index is 14.8. The van der Waals surface area contributed by atoms with Gasteiger partial charge in [0, 0.05) is 23.7 Å². The molecule has 0 saturated heterocycles. The summed E-state index contributed by atoms with van der Waals surface area (Å²) in [5.41, 5.74) is 2.90. The summed E-state index contributed by atoms with van der Waals surface area (Å²) < 4.78 is 29.2. The number of unbranched alkanes of at least 4 members (excludes halogenated alkanes) is 2. The van der Waals surface area contributed by atoms with Gasteiger partial charge in [0.1, 0.15) is 5.82 Å². The molecular weight excluding hydrogens is 392 g/mol. The Morgan fingerprint density at radius 1 is 0.903 bits per heavy atom. The van der Waals surface area contributed by atoms with Gasteiger partial charge >= 0.3 is 0 Å². The Morgan fingerprint density at radius 2 is 1.71 bits per heavy atom. The fourth-order valence-corrected chi connectivity index (χ4v) is 4.41. The minimum Gasteiger partial charge on any atom is -0.347 e. The molecule has 0 bridgehead atoms. The van der Waals surface area contributed by atoms with Gasteiger partial charge in [-0.2, -0.15) is 0 Å². The van der Waals surface area contributed by atoms with E-state index in [0.717, 1.165) is 36.5 Å². The van der Waals surface area contributed by atoms with Gasteiger partial charge in [-0.15, -0.1) is 0 Å². The number of alkyl halides is 1. The van der Waals surface area contributed by atoms with E-state index in [4.69, 9.17) is 0 Å². The van der Waals surface area contributed by atoms with Crippen LogP contribution in [0.25, 0.3) is 21.7 Å². The smallest absolute Gasteiger partial charge is 0.195 e. The van der Waals surface area contributed by atoms with Crippen molar-refractivity contribution in [3.05, 3.63) is 83.3 Å². The molecule has 0 aliphatic carbocycles. The van der Waals surface area contributed by atoms with E-state index in [1.165, 1.54) is 11.6 Å². The van der Waals surface area contributed by atoms with Gasteiger partial charge in [-0.05, 0) is 54.2 Å². The third-order valence-electron chi connectivity index (χ3n) is 5.91. The van der Waals surface area contributed by atoms with Crippen LogP contribution in [0.1, 0.15) is 54.1 Å². The van der Waals surface area contributed by atoms with Crippen LogP contribution in [-0.4, -0.2) is 17.0 Å². The number of nitrogens with zero attached hydrogens (tertiary/aromatic N) is 1. The lowest BCUT2D eigenvalue weighted by Gasteiger charge is -2.10. The van der Waals surface area contributed by atoms with Crippen LogP contribution in [0.5, 0.6) is 0 Å². The number of rotatable bonds is 9. The van der Waals surface area contributed by atoms with E-state index in [-0.39, 0.29) is 12.5 Å². The standard InChI is InChI=1S/C27H27F2NO/c1-2-9-19-14-15-22(21-11-5-4-10-20(19)21)27(31)23-18-30(17-7-3-6-16-28)25-13-8-12-24(29)26(23)25/h4-5,8,10-15,18H,2-3,6-7,9,16-17H2,1H3. The normalized spacial score (nSPS) is 11.5. The number of halogens is 2. The van der Waals surface area contributed by atoms with E-state index in [0.29, 0.717) is 35.0 Å². The molecule has 31 heavy (non-hydrogen) atoms. The molecule has 0 aliphatic rings. The van der Waals surface area contributed by atoms with Crippen molar-refractivity contribution in [2.45, 2.75) is 45.6 Å². The number of carbonyl (C=O) groups is 1. The van der Waals surface area contributed by atoms with Crippen LogP contribution in [0.4, 0.5) is 8.78 Å². The highest BCUT2D eigenvalue weighted by molar-refractivity contribution is 6.21. The summed E-state index contributed by atoms with van der Waals surface area (Å²) in [7, 11) is 0. The van der Waals surface area contributed by atoms with Crippen LogP contribution < -0.4 is 0 Å². The zero-order valence-corrected chi connectivity index (χ0v) is 17.8. The van der Waals surface area contributed by atoms with Gasteiger partial charge in [-0.3, -0.25) is 9.18 Å². The van der Waals surface area contributed by atoms with Crippen LogP contribution in [0.3, 0.4) is 0 Å². The van der Waals surface area contributed by atoms with Gasteiger partial charge in [0.25, 0.3) is 0 Å². The average Bonchev–Trinajstić information content (AvgIpc) is 3.17. The second-order valence-corrected chi connectivity index (χ2v) is 8.02. The third kappa shape index (κ3) is 4.12. The highest BCUT2D eigenvalue weighted by Gasteiger charge is 2.21. The highest BCUT2D eigenvalue weighted by atomic mass is 19.1. The first kappa shape index (κ1) is 21.2. The first-order valence-corrected chi connectivity index (χ1v) is 11.0. The molecule has 0 N–H and O–H groups in total. The van der Waals surface area contributed by atoms with Crippen molar-refractivity contribution in [2.75, 3.05) is 6.67 Å². The molecule has 0 spiro atoms. The summed E-state index contributed by atoms with van der Waals surface area (Å²) in [5, 5.41) is 2.34. The maximum absolute atomic E-state index is 14.8. The molecule has 0 saturated carbocycles. The molecule has 4 aromatic rings. The number of fused-ring (bicyclic) bond motifs is 2. The van der Waals surface area contributed by atoms with Crippen LogP contribution in [0, 0.1) is 5.82 Å². The quantitative estimate of drug-likeness (QED) is 0.207. The van der Waals surface area contributed by atoms with Gasteiger partial charge in [-0.1, -0.05) is 55.8 Å². The molecule has 0 amide bonds. The molecule has 1 aromatic heterocycles. The van der Waals surface area contributed by atoms with Gasteiger partial charge in [-0.25, -0.2) is 4.39 Å². The molecule has 0 radical (unpaired) electrons. The van der Waals surface area contributed by atoms with E-state index in [1.807, 2.05) is 47.0 Å². The molecule has 4 rings (SSSR count). The van der Waals surface area contributed by atoms with Crippen molar-refractivity contribution in [1.29, 1.82) is 0 Å². The van der Waals surface area contributed by atoms with Crippen LogP contribution in [-0.2, 0) is 13.0 Å². The molecule has 0 unspecified atom stereocenters. The number of benzene rings is 3. The zero-order chi connectivity index (χ0) is 21.8. The average molecular weight is 420 g/mol. The molecule has 0 atom stereocenters. The lowest BCUT2D eigenvalue weighted by molar-refractivity contribution is 0.104. The Balaban J connectivity index is 1.80. The highest BCUT2D eigenvalue weighted by Crippen LogP contribution is 2.31. The Kier molecular flexibility index (Phi) is 6.45. The predicted molar refractivity (Wildman–Crippen MR) is 123 cm³/mol. The summed E-state index contributed by atoms with van der Waals surface area (Å²) in [6.07, 6.45) is 5.81. The molecule has 4 heteroatoms. The third-order valence-corrected chi connectivity index (χ3v) is 5.91. The van der Waals surface area contributed by atoms with Crippen molar-refractivity contribution in [1.82, 2.24) is 4.57 Å². The van der Waals surface area contributed by atoms with E-state index in [9.17, 15) is 13.6 Å². The molecule has 1 heterocycles. The molecule has 3 aromatic carbocycles.